The van der Waals surface area contributed by atoms with E-state index in [-0.39, 0.29) is 11.5 Å². The minimum Gasteiger partial charge on any atom is -0.431 e. The number of para-hydroxylation sites is 1. The van der Waals surface area contributed by atoms with Gasteiger partial charge in [0.2, 0.25) is 0 Å². The van der Waals surface area contributed by atoms with Gasteiger partial charge in [0, 0.05) is 19.0 Å². The van der Waals surface area contributed by atoms with Crippen molar-refractivity contribution in [1.29, 1.82) is 0 Å². The third-order valence-electron chi connectivity index (χ3n) is 3.91. The normalized spacial score (nSPS) is 16.8. The number of allylic oxidation sites excluding steroid dienone is 2. The van der Waals surface area contributed by atoms with Crippen molar-refractivity contribution in [3.8, 4) is 0 Å². The lowest BCUT2D eigenvalue weighted by Gasteiger charge is -2.14. The highest BCUT2D eigenvalue weighted by Gasteiger charge is 2.20. The van der Waals surface area contributed by atoms with Crippen molar-refractivity contribution in [3.05, 3.63) is 46.2 Å². The summed E-state index contributed by atoms with van der Waals surface area (Å²) in [6, 6.07) is 7.34. The zero-order valence-electron chi connectivity index (χ0n) is 12.8. The number of fused-ring (bicyclic) bond motifs is 2. The Morgan fingerprint density at radius 3 is 2.77 bits per heavy atom. The van der Waals surface area contributed by atoms with Crippen molar-refractivity contribution in [1.82, 2.24) is 9.55 Å². The second kappa shape index (κ2) is 5.75. The topological polar surface area (TPSA) is 61.2 Å². The molecule has 1 aromatic carbocycles. The van der Waals surface area contributed by atoms with Gasteiger partial charge in [0.15, 0.2) is 0 Å². The molecule has 0 bridgehead atoms. The second-order valence-electron chi connectivity index (χ2n) is 5.49. The Hall–Kier alpha value is -2.43. The summed E-state index contributed by atoms with van der Waals surface area (Å²) in [4.78, 5) is 28.6. The first-order valence-electron chi connectivity index (χ1n) is 7.46. The van der Waals surface area contributed by atoms with E-state index in [1.807, 2.05) is 18.2 Å². The zero-order valence-corrected chi connectivity index (χ0v) is 12.8. The first-order chi connectivity index (χ1) is 10.6. The first kappa shape index (κ1) is 14.5. The lowest BCUT2D eigenvalue weighted by atomic mass is 10.1. The van der Waals surface area contributed by atoms with Crippen LogP contribution in [0.4, 0.5) is 0 Å². The summed E-state index contributed by atoms with van der Waals surface area (Å²) in [5.41, 5.74) is 1.49. The van der Waals surface area contributed by atoms with Crippen LogP contribution >= 0.6 is 0 Å². The number of nitrogens with zero attached hydrogens (tertiary/aromatic N) is 2. The fraction of sp³-hybridized carbons (Fsp3) is 0.353. The SMILES string of the molecule is CC(=O)O/C(C)=C1\CCCCn2c1nc1ccccc1c2=O. The Balaban J connectivity index is 2.29. The van der Waals surface area contributed by atoms with Gasteiger partial charge in [0.05, 0.1) is 10.9 Å². The average Bonchev–Trinajstić information content (AvgIpc) is 2.69. The van der Waals surface area contributed by atoms with Crippen molar-refractivity contribution in [2.75, 3.05) is 0 Å². The molecule has 0 aliphatic carbocycles. The van der Waals surface area contributed by atoms with Crippen LogP contribution in [0.15, 0.2) is 34.8 Å². The van der Waals surface area contributed by atoms with E-state index in [0.29, 0.717) is 29.0 Å². The lowest BCUT2D eigenvalue weighted by molar-refractivity contribution is -0.136. The molecule has 5 heteroatoms. The predicted molar refractivity (Wildman–Crippen MR) is 84.2 cm³/mol. The van der Waals surface area contributed by atoms with Crippen LogP contribution in [0, 0.1) is 0 Å². The maximum absolute atomic E-state index is 12.7. The number of esters is 1. The number of aromatic nitrogens is 2. The maximum atomic E-state index is 12.7. The summed E-state index contributed by atoms with van der Waals surface area (Å²) in [6.45, 7) is 3.78. The third kappa shape index (κ3) is 2.54. The molecule has 0 saturated heterocycles. The van der Waals surface area contributed by atoms with E-state index in [1.165, 1.54) is 6.92 Å². The van der Waals surface area contributed by atoms with Crippen LogP contribution < -0.4 is 5.56 Å². The minimum atomic E-state index is -0.357. The van der Waals surface area contributed by atoms with Crippen molar-refractivity contribution >= 4 is 22.4 Å². The molecule has 0 unspecified atom stereocenters. The predicted octanol–water partition coefficient (Wildman–Crippen LogP) is 2.87. The van der Waals surface area contributed by atoms with E-state index in [1.54, 1.807) is 17.6 Å². The number of ether oxygens (including phenoxy) is 1. The highest BCUT2D eigenvalue weighted by molar-refractivity contribution is 5.80. The number of hydrogen-bond acceptors (Lipinski definition) is 4. The van der Waals surface area contributed by atoms with Crippen LogP contribution in [0.3, 0.4) is 0 Å². The standard InChI is InChI=1S/C17H18N2O3/c1-11(22-12(2)20)13-7-5-6-10-19-16(13)18-15-9-4-3-8-14(15)17(19)21/h3-4,8-9H,5-7,10H2,1-2H3/b13-11+. The average molecular weight is 298 g/mol. The van der Waals surface area contributed by atoms with Crippen molar-refractivity contribution in [2.45, 2.75) is 39.7 Å². The Labute approximate surface area is 128 Å². The summed E-state index contributed by atoms with van der Waals surface area (Å²) in [5, 5.41) is 0.623. The van der Waals surface area contributed by atoms with Gasteiger partial charge in [-0.2, -0.15) is 0 Å². The lowest BCUT2D eigenvalue weighted by Crippen LogP contribution is -2.24. The van der Waals surface area contributed by atoms with E-state index >= 15 is 0 Å². The first-order valence-corrected chi connectivity index (χ1v) is 7.46. The molecule has 5 nitrogen and oxygen atoms in total. The fourth-order valence-electron chi connectivity index (χ4n) is 2.90. The van der Waals surface area contributed by atoms with E-state index < -0.39 is 0 Å². The number of carbonyl (C=O) groups is 1. The van der Waals surface area contributed by atoms with Crippen LogP contribution in [-0.4, -0.2) is 15.5 Å². The number of benzene rings is 1. The number of hydrogen-bond donors (Lipinski definition) is 0. The van der Waals surface area contributed by atoms with Gasteiger partial charge in [0.25, 0.3) is 5.56 Å². The molecule has 1 aliphatic rings. The van der Waals surface area contributed by atoms with Crippen LogP contribution in [0.1, 0.15) is 38.9 Å². The zero-order chi connectivity index (χ0) is 15.7. The van der Waals surface area contributed by atoms with Gasteiger partial charge >= 0.3 is 5.97 Å². The molecular formula is C17H18N2O3. The fourth-order valence-corrected chi connectivity index (χ4v) is 2.90. The van der Waals surface area contributed by atoms with Crippen LogP contribution in [-0.2, 0) is 16.1 Å². The largest absolute Gasteiger partial charge is 0.431 e. The molecule has 114 valence electrons. The molecule has 0 radical (unpaired) electrons. The summed E-state index contributed by atoms with van der Waals surface area (Å²) in [7, 11) is 0. The number of carbonyl (C=O) groups excluding carboxylic acids is 1. The molecule has 0 spiro atoms. The maximum Gasteiger partial charge on any atom is 0.307 e. The summed E-state index contributed by atoms with van der Waals surface area (Å²) >= 11 is 0. The highest BCUT2D eigenvalue weighted by Crippen LogP contribution is 2.27. The van der Waals surface area contributed by atoms with Gasteiger partial charge in [-0.1, -0.05) is 12.1 Å². The Bertz CT molecular complexity index is 833. The van der Waals surface area contributed by atoms with E-state index in [2.05, 4.69) is 4.98 Å². The van der Waals surface area contributed by atoms with Crippen molar-refractivity contribution < 1.29 is 9.53 Å². The van der Waals surface area contributed by atoms with Crippen LogP contribution in [0.5, 0.6) is 0 Å². The van der Waals surface area contributed by atoms with Crippen molar-refractivity contribution in [2.24, 2.45) is 0 Å². The molecule has 2 heterocycles. The quantitative estimate of drug-likeness (QED) is 0.600. The van der Waals surface area contributed by atoms with Crippen LogP contribution in [0.25, 0.3) is 16.5 Å². The van der Waals surface area contributed by atoms with Crippen molar-refractivity contribution in [3.63, 3.8) is 0 Å². The molecule has 1 aromatic heterocycles. The molecular weight excluding hydrogens is 280 g/mol. The van der Waals surface area contributed by atoms with Gasteiger partial charge in [-0.25, -0.2) is 4.98 Å². The van der Waals surface area contributed by atoms with E-state index in [0.717, 1.165) is 24.8 Å². The molecule has 22 heavy (non-hydrogen) atoms. The molecule has 0 amide bonds. The van der Waals surface area contributed by atoms with Crippen LogP contribution in [0.2, 0.25) is 0 Å². The third-order valence-corrected chi connectivity index (χ3v) is 3.91. The molecule has 0 fully saturated rings. The summed E-state index contributed by atoms with van der Waals surface area (Å²) < 4.78 is 6.95. The Kier molecular flexibility index (Phi) is 3.79. The summed E-state index contributed by atoms with van der Waals surface area (Å²) in [6.07, 6.45) is 2.60. The van der Waals surface area contributed by atoms with Gasteiger partial charge in [-0.05, 0) is 38.3 Å². The molecule has 2 aromatic rings. The van der Waals surface area contributed by atoms with Gasteiger partial charge in [-0.15, -0.1) is 0 Å². The van der Waals surface area contributed by atoms with Gasteiger partial charge in [0.1, 0.15) is 11.6 Å². The smallest absolute Gasteiger partial charge is 0.307 e. The molecule has 0 saturated carbocycles. The minimum absolute atomic E-state index is 0.0318. The van der Waals surface area contributed by atoms with Gasteiger partial charge < -0.3 is 4.74 Å². The number of rotatable bonds is 1. The Morgan fingerprint density at radius 1 is 1.23 bits per heavy atom. The van der Waals surface area contributed by atoms with Gasteiger partial charge in [-0.3, -0.25) is 14.2 Å². The summed E-state index contributed by atoms with van der Waals surface area (Å²) in [5.74, 6) is 0.800. The molecule has 1 aliphatic heterocycles. The van der Waals surface area contributed by atoms with E-state index in [4.69, 9.17) is 4.74 Å². The monoisotopic (exact) mass is 298 g/mol. The molecule has 0 atom stereocenters. The molecule has 0 N–H and O–H groups in total. The molecule has 3 rings (SSSR count). The second-order valence-corrected chi connectivity index (χ2v) is 5.49. The Morgan fingerprint density at radius 2 is 2.00 bits per heavy atom. The highest BCUT2D eigenvalue weighted by atomic mass is 16.5. The van der Waals surface area contributed by atoms with E-state index in [9.17, 15) is 9.59 Å².